The molecule has 0 saturated heterocycles. The zero-order chi connectivity index (χ0) is 82.7. The van der Waals surface area contributed by atoms with Crippen molar-refractivity contribution in [2.24, 2.45) is 0 Å². The topological polar surface area (TPSA) is 121 Å². The van der Waals surface area contributed by atoms with Gasteiger partial charge in [0.1, 0.15) is 34.5 Å². The summed E-state index contributed by atoms with van der Waals surface area (Å²) in [6.07, 6.45) is 3.91. The predicted octanol–water partition coefficient (Wildman–Crippen LogP) is 26.6. The first-order chi connectivity index (χ1) is 49.0. The molecule has 0 saturated carbocycles. The molecule has 109 heavy (non-hydrogen) atoms. The van der Waals surface area contributed by atoms with Crippen LogP contribution in [-0.4, -0.2) is 30.6 Å². The van der Waals surface area contributed by atoms with Crippen molar-refractivity contribution in [1.82, 2.24) is 0 Å². The quantitative estimate of drug-likeness (QED) is 0.0645. The summed E-state index contributed by atoms with van der Waals surface area (Å²) in [4.78, 5) is 0. The van der Waals surface area contributed by atoms with Gasteiger partial charge >= 0.3 is 0 Å². The number of benzene rings is 8. The standard InChI is InChI=1S/C103H144O6/c1-92(2,3)74-47-62(48-75(86(74)104)93(4,5)6)37-60-39-68(43-64-51-78(96(13,14)15)88(106)79(52-64)97(16,17)18)72(69(40-60)44-65-53-80(98(19,20)21)89(107)81(54-65)99(22,23)24)59-73-70(45-66-55-82(100(25,26)27)90(108)83(56-66)101(28,29)30)41-61(38-63-49-76(94(7,8)9)87(105)77(50-63)95(10,11)12)42-71(73)46-67-57-84(102(31,32)33)91(109)85(58-67)103(34,35)36/h39-42,47-58,104-109H,37-38,43-46,59H2,1-36H3. The Morgan fingerprint density at radius 3 is 0.358 bits per heavy atom. The van der Waals surface area contributed by atoms with Crippen LogP contribution in [0.5, 0.6) is 34.5 Å². The Hall–Kier alpha value is -7.44. The smallest absolute Gasteiger partial charge is 0.123 e. The van der Waals surface area contributed by atoms with Gasteiger partial charge < -0.3 is 30.6 Å². The van der Waals surface area contributed by atoms with Gasteiger partial charge in [-0.1, -0.05) is 346 Å². The molecule has 0 bridgehead atoms. The van der Waals surface area contributed by atoms with Crippen LogP contribution in [0, 0.1) is 0 Å². The second-order valence-corrected chi connectivity index (χ2v) is 45.3. The third-order valence-electron chi connectivity index (χ3n) is 22.5. The van der Waals surface area contributed by atoms with Gasteiger partial charge in [-0.05, 0) is 255 Å². The Morgan fingerprint density at radius 1 is 0.147 bits per heavy atom. The van der Waals surface area contributed by atoms with E-state index >= 15 is 0 Å². The average Bonchev–Trinajstić information content (AvgIpc) is 0.730. The number of aromatic hydroxyl groups is 6. The minimum atomic E-state index is -0.394. The van der Waals surface area contributed by atoms with Crippen LogP contribution in [-0.2, 0) is 110 Å². The predicted molar refractivity (Wildman–Crippen MR) is 466 cm³/mol. The van der Waals surface area contributed by atoms with Crippen LogP contribution in [0.3, 0.4) is 0 Å². The molecule has 0 spiro atoms. The first-order valence-corrected chi connectivity index (χ1v) is 40.5. The molecule has 0 amide bonds. The Kier molecular flexibility index (Phi) is 23.7. The van der Waals surface area contributed by atoms with E-state index in [1.165, 1.54) is 33.4 Å². The maximum Gasteiger partial charge on any atom is 0.123 e. The molecule has 0 radical (unpaired) electrons. The Bertz CT molecular complexity index is 4000. The molecular formula is C103H144O6. The van der Waals surface area contributed by atoms with E-state index in [9.17, 15) is 30.6 Å². The van der Waals surface area contributed by atoms with Crippen molar-refractivity contribution in [2.45, 2.75) is 359 Å². The van der Waals surface area contributed by atoms with E-state index in [1.807, 2.05) is 0 Å². The fourth-order valence-corrected chi connectivity index (χ4v) is 16.2. The molecule has 0 aliphatic rings. The minimum Gasteiger partial charge on any atom is -0.507 e. The van der Waals surface area contributed by atoms with Gasteiger partial charge in [0.2, 0.25) is 0 Å². The summed E-state index contributed by atoms with van der Waals surface area (Å²) in [6, 6.07) is 36.9. The van der Waals surface area contributed by atoms with Crippen molar-refractivity contribution in [1.29, 1.82) is 0 Å². The summed E-state index contributed by atoms with van der Waals surface area (Å²) in [7, 11) is 0. The van der Waals surface area contributed by atoms with Crippen LogP contribution in [0.4, 0.5) is 0 Å². The SMILES string of the molecule is CC(C)(C)c1cc(Cc2cc(Cc3cc(C(C)(C)C)c(O)c(C(C)(C)C)c3)c(Cc3c(Cc4cc(C(C)(C)C)c(O)c(C(C)(C)C)c4)cc(Cc4cc(C(C)(C)C)c(O)c(C(C)(C)C)c4)cc3Cc3cc(C(C)(C)C)c(O)c(C(C)(C)C)c3)c(Cc3cc(C(C)(C)C)c(O)c(C(C)(C)C)c3)c2)cc(C(C)(C)C)c1O. The van der Waals surface area contributed by atoms with Gasteiger partial charge in [0, 0.05) is 0 Å². The molecule has 0 fully saturated rings. The highest BCUT2D eigenvalue weighted by molar-refractivity contribution is 5.61. The molecule has 0 heterocycles. The third kappa shape index (κ3) is 20.1. The lowest BCUT2D eigenvalue weighted by Gasteiger charge is -2.30. The molecule has 0 aromatic heterocycles. The van der Waals surface area contributed by atoms with Crippen molar-refractivity contribution < 1.29 is 30.6 Å². The molecule has 6 nitrogen and oxygen atoms in total. The number of phenolic OH excluding ortho intramolecular Hbond substituents is 6. The molecule has 8 rings (SSSR count). The number of hydrogen-bond donors (Lipinski definition) is 6. The summed E-state index contributed by atoms with van der Waals surface area (Å²) < 4.78 is 0. The van der Waals surface area contributed by atoms with Crippen molar-refractivity contribution in [2.75, 3.05) is 0 Å². The summed E-state index contributed by atoms with van der Waals surface area (Å²) in [5, 5.41) is 74.6. The monoisotopic (exact) mass is 1480 g/mol. The van der Waals surface area contributed by atoms with E-state index in [1.54, 1.807) is 0 Å². The molecule has 592 valence electrons. The van der Waals surface area contributed by atoms with E-state index in [0.29, 0.717) is 79.4 Å². The van der Waals surface area contributed by atoms with E-state index in [-0.39, 0.29) is 21.7 Å². The first kappa shape index (κ1) is 87.1. The summed E-state index contributed by atoms with van der Waals surface area (Å²) in [5.41, 5.74) is 22.4. The first-order valence-electron chi connectivity index (χ1n) is 40.5. The zero-order valence-corrected chi connectivity index (χ0v) is 74.9. The number of rotatable bonds is 14. The highest BCUT2D eigenvalue weighted by Crippen LogP contribution is 2.49. The van der Waals surface area contributed by atoms with Crippen LogP contribution in [0.15, 0.2) is 97.1 Å². The molecule has 6 heteroatoms. The van der Waals surface area contributed by atoms with Crippen molar-refractivity contribution in [3.63, 3.8) is 0 Å². The Labute approximate surface area is 662 Å². The summed E-state index contributed by atoms with van der Waals surface area (Å²) in [6.45, 7) is 78.9. The van der Waals surface area contributed by atoms with Crippen LogP contribution in [0.25, 0.3) is 0 Å². The Morgan fingerprint density at radius 2 is 0.248 bits per heavy atom. The van der Waals surface area contributed by atoms with Gasteiger partial charge in [-0.2, -0.15) is 0 Å². The van der Waals surface area contributed by atoms with E-state index in [2.05, 4.69) is 346 Å². The van der Waals surface area contributed by atoms with Gasteiger partial charge in [-0.25, -0.2) is 0 Å². The largest absolute Gasteiger partial charge is 0.507 e. The lowest BCUT2D eigenvalue weighted by Crippen LogP contribution is -2.19. The molecule has 8 aromatic rings. The highest BCUT2D eigenvalue weighted by Gasteiger charge is 2.35. The van der Waals surface area contributed by atoms with E-state index in [0.717, 1.165) is 111 Å². The molecule has 0 aliphatic heterocycles. The normalized spacial score (nSPS) is 13.6. The third-order valence-corrected chi connectivity index (χ3v) is 22.5. The number of hydrogen-bond acceptors (Lipinski definition) is 6. The van der Waals surface area contributed by atoms with E-state index in [4.69, 9.17) is 0 Å². The zero-order valence-electron chi connectivity index (χ0n) is 74.9. The van der Waals surface area contributed by atoms with Gasteiger partial charge in [-0.15, -0.1) is 0 Å². The van der Waals surface area contributed by atoms with E-state index < -0.39 is 43.3 Å². The summed E-state index contributed by atoms with van der Waals surface area (Å²) >= 11 is 0. The second kappa shape index (κ2) is 29.6. The maximum atomic E-state index is 12.5. The highest BCUT2D eigenvalue weighted by atomic mass is 16.3. The average molecular weight is 1480 g/mol. The molecular weight excluding hydrogens is 1330 g/mol. The van der Waals surface area contributed by atoms with Gasteiger partial charge in [0.25, 0.3) is 0 Å². The van der Waals surface area contributed by atoms with Crippen molar-refractivity contribution in [3.8, 4) is 34.5 Å². The molecule has 0 aliphatic carbocycles. The fraction of sp³-hybridized carbons (Fsp3) is 0.534. The molecule has 6 N–H and O–H groups in total. The number of phenols is 6. The van der Waals surface area contributed by atoms with Crippen LogP contribution < -0.4 is 0 Å². The maximum absolute atomic E-state index is 12.5. The second-order valence-electron chi connectivity index (χ2n) is 45.3. The minimum absolute atomic E-state index is 0.342. The van der Waals surface area contributed by atoms with Crippen LogP contribution >= 0.6 is 0 Å². The van der Waals surface area contributed by atoms with Gasteiger partial charge in [0.15, 0.2) is 0 Å². The molecule has 8 aromatic carbocycles. The lowest BCUT2D eigenvalue weighted by molar-refractivity contribution is 0.422. The fourth-order valence-electron chi connectivity index (χ4n) is 16.2. The van der Waals surface area contributed by atoms with Crippen molar-refractivity contribution in [3.05, 3.63) is 242 Å². The van der Waals surface area contributed by atoms with Crippen LogP contribution in [0.2, 0.25) is 0 Å². The molecule has 0 unspecified atom stereocenters. The van der Waals surface area contributed by atoms with Crippen molar-refractivity contribution >= 4 is 0 Å². The summed E-state index contributed by atoms with van der Waals surface area (Å²) in [5.74, 6) is 2.08. The van der Waals surface area contributed by atoms with Gasteiger partial charge in [0.05, 0.1) is 0 Å². The lowest BCUT2D eigenvalue weighted by atomic mass is 9.75. The molecule has 0 atom stereocenters. The van der Waals surface area contributed by atoms with Crippen LogP contribution in [0.1, 0.15) is 394 Å². The van der Waals surface area contributed by atoms with Gasteiger partial charge in [-0.3, -0.25) is 0 Å². The Balaban J connectivity index is 1.65.